The maximum atomic E-state index is 14.6. The standard InChI is InChI=1S/C21H25FN6O2S2/c1-20(2,3)32(30)27-17-11-24-16(12-28(17)5)18(29)25-13-6-7-15(22)14(10-13)21(4)8-9-31-19(23)26-21/h6-12H,1-5H3,(H2,23,26)(H,25,29)/b27-17+/t21-,32?/m0/s1. The Bertz CT molecular complexity index is 1170. The minimum Gasteiger partial charge on any atom is -0.591 e. The Hall–Kier alpha value is -2.63. The molecule has 32 heavy (non-hydrogen) atoms. The van der Waals surface area contributed by atoms with Crippen molar-refractivity contribution in [2.75, 3.05) is 5.32 Å². The number of hydrogen-bond acceptors (Lipinski definition) is 7. The van der Waals surface area contributed by atoms with Crippen molar-refractivity contribution < 1.29 is 13.7 Å². The smallest absolute Gasteiger partial charge is 0.275 e. The number of halogens is 1. The maximum absolute atomic E-state index is 14.6. The lowest BCUT2D eigenvalue weighted by atomic mass is 9.92. The molecule has 0 saturated carbocycles. The van der Waals surface area contributed by atoms with Gasteiger partial charge in [0.25, 0.3) is 5.91 Å². The second-order valence-corrected chi connectivity index (χ2v) is 11.2. The SMILES string of the molecule is Cn1cc(C(=O)Nc2ccc(F)c([C@]3(C)C=CSC(N)=N3)c2)nc/c1=N\[S+]([O-])C(C)(C)C. The highest BCUT2D eigenvalue weighted by molar-refractivity contribution is 8.16. The molecule has 1 amide bonds. The van der Waals surface area contributed by atoms with Crippen LogP contribution in [0.15, 0.2) is 51.5 Å². The molecule has 0 saturated heterocycles. The van der Waals surface area contributed by atoms with Gasteiger partial charge >= 0.3 is 0 Å². The van der Waals surface area contributed by atoms with E-state index in [1.807, 2.05) is 20.8 Å². The Morgan fingerprint density at radius 3 is 2.75 bits per heavy atom. The fraction of sp³-hybridized carbons (Fsp3) is 0.333. The molecule has 1 aromatic carbocycles. The molecule has 1 aliphatic rings. The first-order chi connectivity index (χ1) is 14.9. The number of thioether (sulfide) groups is 1. The summed E-state index contributed by atoms with van der Waals surface area (Å²) in [5, 5.41) is 4.82. The largest absolute Gasteiger partial charge is 0.591 e. The number of benzene rings is 1. The van der Waals surface area contributed by atoms with Gasteiger partial charge in [0.05, 0.1) is 6.20 Å². The fourth-order valence-corrected chi connectivity index (χ4v) is 4.13. The van der Waals surface area contributed by atoms with Gasteiger partial charge in [-0.2, -0.15) is 0 Å². The molecular weight excluding hydrogens is 451 g/mol. The van der Waals surface area contributed by atoms with Crippen LogP contribution in [0.25, 0.3) is 0 Å². The topological polar surface area (TPSA) is 121 Å². The molecule has 0 radical (unpaired) electrons. The molecule has 8 nitrogen and oxygen atoms in total. The number of aryl methyl sites for hydroxylation is 1. The summed E-state index contributed by atoms with van der Waals surface area (Å²) >= 11 is -0.202. The lowest BCUT2D eigenvalue weighted by Gasteiger charge is -2.26. The Morgan fingerprint density at radius 2 is 2.12 bits per heavy atom. The van der Waals surface area contributed by atoms with Gasteiger partial charge in [0.1, 0.15) is 33.2 Å². The van der Waals surface area contributed by atoms with Crippen LogP contribution < -0.4 is 16.5 Å². The number of nitrogens with two attached hydrogens (primary N) is 1. The van der Waals surface area contributed by atoms with Crippen LogP contribution in [0.1, 0.15) is 43.7 Å². The highest BCUT2D eigenvalue weighted by atomic mass is 32.2. The molecule has 3 N–H and O–H groups in total. The van der Waals surface area contributed by atoms with Crippen molar-refractivity contribution in [3.63, 3.8) is 0 Å². The fourth-order valence-electron chi connectivity index (χ4n) is 2.79. The van der Waals surface area contributed by atoms with Crippen LogP contribution in [-0.4, -0.2) is 29.9 Å². The monoisotopic (exact) mass is 476 g/mol. The minimum absolute atomic E-state index is 0.126. The number of aromatic nitrogens is 2. The lowest BCUT2D eigenvalue weighted by Crippen LogP contribution is -2.30. The summed E-state index contributed by atoms with van der Waals surface area (Å²) in [6.45, 7) is 7.20. The summed E-state index contributed by atoms with van der Waals surface area (Å²) in [4.78, 5) is 21.2. The Balaban J connectivity index is 1.85. The Kier molecular flexibility index (Phi) is 6.82. The lowest BCUT2D eigenvalue weighted by molar-refractivity contribution is 0.102. The maximum Gasteiger partial charge on any atom is 0.275 e. The first-order valence-corrected chi connectivity index (χ1v) is 11.7. The molecule has 0 bridgehead atoms. The summed E-state index contributed by atoms with van der Waals surface area (Å²) in [5.41, 5.74) is 6.01. The number of nitrogens with zero attached hydrogens (tertiary/aromatic N) is 4. The van der Waals surface area contributed by atoms with Crippen molar-refractivity contribution in [3.8, 4) is 0 Å². The molecule has 1 aliphatic heterocycles. The first-order valence-electron chi connectivity index (χ1n) is 9.69. The van der Waals surface area contributed by atoms with Crippen LogP contribution in [0.3, 0.4) is 0 Å². The number of aliphatic imine (C=N–C) groups is 1. The molecule has 2 atom stereocenters. The van der Waals surface area contributed by atoms with Gasteiger partial charge in [-0.25, -0.2) is 14.4 Å². The van der Waals surface area contributed by atoms with Crippen LogP contribution in [-0.2, 0) is 23.9 Å². The van der Waals surface area contributed by atoms with Gasteiger partial charge in [0.2, 0.25) is 5.49 Å². The molecule has 2 aromatic rings. The van der Waals surface area contributed by atoms with Crippen LogP contribution in [0.4, 0.5) is 10.1 Å². The van der Waals surface area contributed by atoms with E-state index in [2.05, 4.69) is 19.7 Å². The second kappa shape index (κ2) is 9.08. The van der Waals surface area contributed by atoms with Gasteiger partial charge in [-0.05, 0) is 61.8 Å². The minimum atomic E-state index is -1.46. The van der Waals surface area contributed by atoms with Crippen molar-refractivity contribution in [1.29, 1.82) is 0 Å². The van der Waals surface area contributed by atoms with E-state index in [0.717, 1.165) is 0 Å². The van der Waals surface area contributed by atoms with Crippen molar-refractivity contribution in [3.05, 3.63) is 64.6 Å². The van der Waals surface area contributed by atoms with Crippen LogP contribution in [0.5, 0.6) is 0 Å². The van der Waals surface area contributed by atoms with Crippen molar-refractivity contribution in [2.24, 2.45) is 22.2 Å². The average Bonchev–Trinajstić information content (AvgIpc) is 2.69. The van der Waals surface area contributed by atoms with E-state index in [1.165, 1.54) is 42.4 Å². The zero-order valence-corrected chi connectivity index (χ0v) is 20.1. The second-order valence-electron chi connectivity index (χ2n) is 8.36. The molecule has 0 aliphatic carbocycles. The molecule has 1 unspecified atom stereocenters. The molecule has 11 heteroatoms. The normalized spacial score (nSPS) is 20.1. The van der Waals surface area contributed by atoms with E-state index in [4.69, 9.17) is 5.73 Å². The Morgan fingerprint density at radius 1 is 1.41 bits per heavy atom. The summed E-state index contributed by atoms with van der Waals surface area (Å²) in [7, 11) is 1.68. The van der Waals surface area contributed by atoms with Crippen molar-refractivity contribution in [2.45, 2.75) is 38.0 Å². The van der Waals surface area contributed by atoms with Gasteiger partial charge in [-0.3, -0.25) is 4.79 Å². The summed E-state index contributed by atoms with van der Waals surface area (Å²) in [6, 6.07) is 4.26. The predicted molar refractivity (Wildman–Crippen MR) is 127 cm³/mol. The quantitative estimate of drug-likeness (QED) is 0.657. The van der Waals surface area contributed by atoms with E-state index in [9.17, 15) is 13.7 Å². The summed E-state index contributed by atoms with van der Waals surface area (Å²) in [6.07, 6.45) is 4.63. The Labute approximate surface area is 193 Å². The van der Waals surface area contributed by atoms with Gasteiger partial charge in [0.15, 0.2) is 5.17 Å². The number of carbonyl (C=O) groups excluding carboxylic acids is 1. The molecule has 3 rings (SSSR count). The molecule has 0 spiro atoms. The van der Waals surface area contributed by atoms with Gasteiger partial charge in [-0.15, -0.1) is 0 Å². The number of amides is 1. The number of anilines is 1. The first kappa shape index (κ1) is 24.0. The molecule has 2 heterocycles. The molecule has 170 valence electrons. The van der Waals surface area contributed by atoms with Gasteiger partial charge < -0.3 is 20.2 Å². The van der Waals surface area contributed by atoms with E-state index < -0.39 is 33.4 Å². The molecular formula is C21H25FN6O2S2. The van der Waals surface area contributed by atoms with E-state index in [1.54, 1.807) is 30.0 Å². The third-order valence-corrected chi connectivity index (χ3v) is 6.63. The number of carbonyl (C=O) groups is 1. The number of amidine groups is 1. The summed E-state index contributed by atoms with van der Waals surface area (Å²) < 4.78 is 32.0. The van der Waals surface area contributed by atoms with Crippen molar-refractivity contribution >= 4 is 39.9 Å². The van der Waals surface area contributed by atoms with Crippen LogP contribution in [0.2, 0.25) is 0 Å². The zero-order valence-electron chi connectivity index (χ0n) is 18.4. The third kappa shape index (κ3) is 5.40. The highest BCUT2D eigenvalue weighted by Gasteiger charge is 2.29. The van der Waals surface area contributed by atoms with Gasteiger partial charge in [0, 0.05) is 24.5 Å². The third-order valence-electron chi connectivity index (χ3n) is 4.62. The number of nitrogens with one attached hydrogen (secondary N) is 1. The average molecular weight is 477 g/mol. The number of hydrogen-bond donors (Lipinski definition) is 2. The van der Waals surface area contributed by atoms with Crippen molar-refractivity contribution in [1.82, 2.24) is 9.55 Å². The van der Waals surface area contributed by atoms with Crippen LogP contribution >= 0.6 is 11.8 Å². The van der Waals surface area contributed by atoms with E-state index in [0.29, 0.717) is 16.3 Å². The predicted octanol–water partition coefficient (Wildman–Crippen LogP) is 2.96. The van der Waals surface area contributed by atoms with Crippen LogP contribution in [0, 0.1) is 5.82 Å². The number of rotatable bonds is 4. The summed E-state index contributed by atoms with van der Waals surface area (Å²) in [5.74, 6) is -0.939. The molecule has 0 fully saturated rings. The zero-order chi connectivity index (χ0) is 23.7. The van der Waals surface area contributed by atoms with E-state index in [-0.39, 0.29) is 11.3 Å². The molecule has 1 aromatic heterocycles. The van der Waals surface area contributed by atoms with E-state index >= 15 is 0 Å². The van der Waals surface area contributed by atoms with Gasteiger partial charge in [-0.1, -0.05) is 11.8 Å². The highest BCUT2D eigenvalue weighted by Crippen LogP contribution is 2.35.